The molecule has 0 atom stereocenters. The maximum Gasteiger partial charge on any atom is 0.136 e. The SMILES string of the molecule is CC1(C)c2ccccc2-c2ccc(Nc3ccc4c(ccc5oc6ccccc6c54)c3)cc21. The Balaban J connectivity index is 1.30. The van der Waals surface area contributed by atoms with Gasteiger partial charge in [0, 0.05) is 27.6 Å². The first-order chi connectivity index (χ1) is 16.1. The fraction of sp³-hybridized carbons (Fsp3) is 0.0968. The molecule has 1 aliphatic rings. The first-order valence-electron chi connectivity index (χ1n) is 11.4. The van der Waals surface area contributed by atoms with Crippen molar-refractivity contribution in [3.8, 4) is 11.1 Å². The predicted octanol–water partition coefficient (Wildman–Crippen LogP) is 8.79. The van der Waals surface area contributed by atoms with Crippen molar-refractivity contribution in [1.82, 2.24) is 0 Å². The van der Waals surface area contributed by atoms with Crippen LogP contribution in [-0.4, -0.2) is 0 Å². The van der Waals surface area contributed by atoms with Crippen molar-refractivity contribution in [2.75, 3.05) is 5.32 Å². The van der Waals surface area contributed by atoms with Gasteiger partial charge in [0.05, 0.1) is 0 Å². The molecule has 1 heterocycles. The highest BCUT2D eigenvalue weighted by atomic mass is 16.3. The average Bonchev–Trinajstić information content (AvgIpc) is 3.32. The molecular formula is C31H23NO. The first-order valence-corrected chi connectivity index (χ1v) is 11.4. The molecule has 7 rings (SSSR count). The minimum atomic E-state index is 0.000939. The Labute approximate surface area is 192 Å². The van der Waals surface area contributed by atoms with E-state index in [-0.39, 0.29) is 5.41 Å². The third-order valence-corrected chi connectivity index (χ3v) is 7.23. The Hall–Kier alpha value is -4.04. The molecule has 0 amide bonds. The maximum atomic E-state index is 6.06. The molecule has 2 heteroatoms. The molecule has 6 aromatic rings. The molecule has 5 aromatic carbocycles. The van der Waals surface area contributed by atoms with Crippen molar-refractivity contribution >= 4 is 44.1 Å². The van der Waals surface area contributed by atoms with E-state index in [1.165, 1.54) is 43.8 Å². The Kier molecular flexibility index (Phi) is 3.64. The van der Waals surface area contributed by atoms with Crippen LogP contribution in [0.3, 0.4) is 0 Å². The van der Waals surface area contributed by atoms with Crippen molar-refractivity contribution in [2.45, 2.75) is 19.3 Å². The smallest absolute Gasteiger partial charge is 0.136 e. The lowest BCUT2D eigenvalue weighted by Crippen LogP contribution is -2.15. The quantitative estimate of drug-likeness (QED) is 0.300. The second-order valence-electron chi connectivity index (χ2n) is 9.53. The number of hydrogen-bond acceptors (Lipinski definition) is 2. The van der Waals surface area contributed by atoms with E-state index in [0.717, 1.165) is 22.5 Å². The first kappa shape index (κ1) is 18.5. The van der Waals surface area contributed by atoms with Crippen LogP contribution < -0.4 is 5.32 Å². The summed E-state index contributed by atoms with van der Waals surface area (Å²) >= 11 is 0. The molecule has 1 aromatic heterocycles. The standard InChI is InChI=1S/C31H23NO/c1-31(2)26-9-5-3-7-23(26)24-15-13-21(18-27(24)31)32-20-12-14-22-19(17-20)11-16-29-30(22)25-8-4-6-10-28(25)33-29/h3-18,32H,1-2H3. The molecule has 33 heavy (non-hydrogen) atoms. The van der Waals surface area contributed by atoms with Crippen LogP contribution in [0.2, 0.25) is 0 Å². The van der Waals surface area contributed by atoms with Crippen LogP contribution in [-0.2, 0) is 5.41 Å². The lowest BCUT2D eigenvalue weighted by molar-refractivity contribution is 0.660. The van der Waals surface area contributed by atoms with Crippen LogP contribution in [0.4, 0.5) is 11.4 Å². The molecule has 1 N–H and O–H groups in total. The summed E-state index contributed by atoms with van der Waals surface area (Å²) in [6.07, 6.45) is 0. The molecule has 2 nitrogen and oxygen atoms in total. The minimum absolute atomic E-state index is 0.000939. The largest absolute Gasteiger partial charge is 0.456 e. The Morgan fingerprint density at radius 2 is 1.36 bits per heavy atom. The van der Waals surface area contributed by atoms with Gasteiger partial charge in [0.2, 0.25) is 0 Å². The highest BCUT2D eigenvalue weighted by molar-refractivity contribution is 6.19. The lowest BCUT2D eigenvalue weighted by atomic mass is 9.82. The number of furan rings is 1. The number of hydrogen-bond donors (Lipinski definition) is 1. The van der Waals surface area contributed by atoms with Gasteiger partial charge in [-0.05, 0) is 69.4 Å². The van der Waals surface area contributed by atoms with E-state index in [0.29, 0.717) is 0 Å². The molecule has 0 saturated carbocycles. The topological polar surface area (TPSA) is 25.2 Å². The number of para-hydroxylation sites is 1. The zero-order valence-corrected chi connectivity index (χ0v) is 18.6. The van der Waals surface area contributed by atoms with Gasteiger partial charge in [-0.15, -0.1) is 0 Å². The van der Waals surface area contributed by atoms with Gasteiger partial charge in [-0.3, -0.25) is 0 Å². The van der Waals surface area contributed by atoms with E-state index in [2.05, 4.69) is 104 Å². The van der Waals surface area contributed by atoms with Gasteiger partial charge in [-0.25, -0.2) is 0 Å². The summed E-state index contributed by atoms with van der Waals surface area (Å²) in [7, 11) is 0. The average molecular weight is 426 g/mol. The molecule has 0 unspecified atom stereocenters. The lowest BCUT2D eigenvalue weighted by Gasteiger charge is -2.22. The fourth-order valence-corrected chi connectivity index (χ4v) is 5.58. The Morgan fingerprint density at radius 1 is 0.606 bits per heavy atom. The summed E-state index contributed by atoms with van der Waals surface area (Å²) in [5.74, 6) is 0. The zero-order chi connectivity index (χ0) is 22.2. The molecule has 0 saturated heterocycles. The van der Waals surface area contributed by atoms with E-state index in [1.807, 2.05) is 12.1 Å². The normalized spacial score (nSPS) is 14.0. The van der Waals surface area contributed by atoms with Crippen LogP contribution in [0.25, 0.3) is 43.8 Å². The summed E-state index contributed by atoms with van der Waals surface area (Å²) < 4.78 is 6.06. The summed E-state index contributed by atoms with van der Waals surface area (Å²) in [5, 5.41) is 8.42. The summed E-state index contributed by atoms with van der Waals surface area (Å²) in [6, 6.07) is 34.6. The third kappa shape index (κ3) is 2.61. The zero-order valence-electron chi connectivity index (χ0n) is 18.6. The molecular weight excluding hydrogens is 402 g/mol. The minimum Gasteiger partial charge on any atom is -0.456 e. The van der Waals surface area contributed by atoms with Gasteiger partial charge >= 0.3 is 0 Å². The highest BCUT2D eigenvalue weighted by Gasteiger charge is 2.35. The summed E-state index contributed by atoms with van der Waals surface area (Å²) in [4.78, 5) is 0. The number of nitrogens with one attached hydrogen (secondary N) is 1. The van der Waals surface area contributed by atoms with Crippen molar-refractivity contribution in [3.63, 3.8) is 0 Å². The van der Waals surface area contributed by atoms with Gasteiger partial charge < -0.3 is 9.73 Å². The van der Waals surface area contributed by atoms with Crippen LogP contribution in [0.5, 0.6) is 0 Å². The molecule has 1 aliphatic carbocycles. The van der Waals surface area contributed by atoms with E-state index in [9.17, 15) is 0 Å². The molecule has 0 fully saturated rings. The van der Waals surface area contributed by atoms with Crippen LogP contribution in [0.15, 0.2) is 101 Å². The predicted molar refractivity (Wildman–Crippen MR) is 139 cm³/mol. The monoisotopic (exact) mass is 425 g/mol. The highest BCUT2D eigenvalue weighted by Crippen LogP contribution is 2.49. The van der Waals surface area contributed by atoms with Crippen molar-refractivity contribution < 1.29 is 4.42 Å². The van der Waals surface area contributed by atoms with Gasteiger partial charge in [-0.1, -0.05) is 74.5 Å². The Morgan fingerprint density at radius 3 is 2.30 bits per heavy atom. The third-order valence-electron chi connectivity index (χ3n) is 7.23. The van der Waals surface area contributed by atoms with Crippen molar-refractivity contribution in [3.05, 3.63) is 108 Å². The van der Waals surface area contributed by atoms with Crippen LogP contribution >= 0.6 is 0 Å². The molecule has 0 bridgehead atoms. The summed E-state index contributed by atoms with van der Waals surface area (Å²) in [5.41, 5.74) is 9.54. The van der Waals surface area contributed by atoms with Gasteiger partial charge in [-0.2, -0.15) is 0 Å². The molecule has 0 spiro atoms. The fourth-order valence-electron chi connectivity index (χ4n) is 5.58. The Bertz CT molecular complexity index is 1720. The number of fused-ring (bicyclic) bond motifs is 8. The van der Waals surface area contributed by atoms with Crippen molar-refractivity contribution in [2.24, 2.45) is 0 Å². The van der Waals surface area contributed by atoms with Gasteiger partial charge in [0.1, 0.15) is 11.2 Å². The summed E-state index contributed by atoms with van der Waals surface area (Å²) in [6.45, 7) is 4.63. The van der Waals surface area contributed by atoms with Crippen LogP contribution in [0, 0.1) is 0 Å². The second kappa shape index (κ2) is 6.49. The molecule has 158 valence electrons. The van der Waals surface area contributed by atoms with Gasteiger partial charge in [0.15, 0.2) is 0 Å². The van der Waals surface area contributed by atoms with E-state index >= 15 is 0 Å². The number of anilines is 2. The molecule has 0 radical (unpaired) electrons. The van der Waals surface area contributed by atoms with Crippen molar-refractivity contribution in [1.29, 1.82) is 0 Å². The second-order valence-corrected chi connectivity index (χ2v) is 9.53. The number of benzene rings is 5. The van der Waals surface area contributed by atoms with Gasteiger partial charge in [0.25, 0.3) is 0 Å². The van der Waals surface area contributed by atoms with E-state index in [1.54, 1.807) is 0 Å². The van der Waals surface area contributed by atoms with Crippen LogP contribution in [0.1, 0.15) is 25.0 Å². The molecule has 0 aliphatic heterocycles. The van der Waals surface area contributed by atoms with E-state index in [4.69, 9.17) is 4.42 Å². The number of rotatable bonds is 2. The maximum absolute atomic E-state index is 6.06. The van der Waals surface area contributed by atoms with E-state index < -0.39 is 0 Å².